The van der Waals surface area contributed by atoms with Crippen LogP contribution in [0, 0.1) is 17.8 Å². The summed E-state index contributed by atoms with van der Waals surface area (Å²) in [6, 6.07) is 2.27. The number of hydrogen-bond donors (Lipinski definition) is 2. The molecule has 0 saturated heterocycles. The Morgan fingerprint density at radius 2 is 2.00 bits per heavy atom. The summed E-state index contributed by atoms with van der Waals surface area (Å²) in [5.74, 6) is 3.22. The number of halogens is 1. The Morgan fingerprint density at radius 3 is 2.64 bits per heavy atom. The average Bonchev–Trinajstić information content (AvgIpc) is 3.62. The number of methoxy groups -OCH3 is 1. The highest BCUT2D eigenvalue weighted by molar-refractivity contribution is 6.36. The lowest BCUT2D eigenvalue weighted by molar-refractivity contribution is 0.0936. The lowest BCUT2D eigenvalue weighted by Crippen LogP contribution is -2.31. The number of pyridine rings is 1. The van der Waals surface area contributed by atoms with E-state index in [2.05, 4.69) is 34.6 Å². The predicted molar refractivity (Wildman–Crippen MR) is 132 cm³/mol. The summed E-state index contributed by atoms with van der Waals surface area (Å²) in [5, 5.41) is 11.4. The van der Waals surface area contributed by atoms with Gasteiger partial charge in [-0.1, -0.05) is 31.4 Å². The van der Waals surface area contributed by atoms with E-state index in [-0.39, 0.29) is 11.6 Å². The van der Waals surface area contributed by atoms with Gasteiger partial charge in [0.2, 0.25) is 0 Å². The third-order valence-corrected chi connectivity index (χ3v) is 7.50. The van der Waals surface area contributed by atoms with E-state index in [1.807, 2.05) is 13.0 Å². The molecule has 7 nitrogen and oxygen atoms in total. The van der Waals surface area contributed by atoms with Crippen molar-refractivity contribution in [3.05, 3.63) is 23.0 Å². The number of amides is 1. The van der Waals surface area contributed by atoms with Crippen LogP contribution in [0.5, 0.6) is 5.75 Å². The van der Waals surface area contributed by atoms with Gasteiger partial charge >= 0.3 is 0 Å². The molecule has 0 aromatic carbocycles. The summed E-state index contributed by atoms with van der Waals surface area (Å²) >= 11 is 6.74. The molecule has 2 heterocycles. The fourth-order valence-electron chi connectivity index (χ4n) is 4.74. The maximum atomic E-state index is 13.0. The first kappa shape index (κ1) is 23.9. The van der Waals surface area contributed by atoms with Crippen LogP contribution in [-0.4, -0.2) is 40.4 Å². The molecule has 1 atom stereocenters. The number of anilines is 1. The van der Waals surface area contributed by atoms with E-state index in [4.69, 9.17) is 16.3 Å². The van der Waals surface area contributed by atoms with Gasteiger partial charge in [-0.2, -0.15) is 5.10 Å². The number of aryl methyl sites for hydroxylation is 1. The summed E-state index contributed by atoms with van der Waals surface area (Å²) < 4.78 is 7.43. The van der Waals surface area contributed by atoms with Crippen LogP contribution in [0.3, 0.4) is 0 Å². The van der Waals surface area contributed by atoms with Crippen molar-refractivity contribution in [2.75, 3.05) is 19.0 Å². The number of rotatable bonds is 9. The summed E-state index contributed by atoms with van der Waals surface area (Å²) in [6.45, 7) is 7.70. The molecule has 2 N–H and O–H groups in total. The van der Waals surface area contributed by atoms with Crippen LogP contribution in [0.1, 0.15) is 69.8 Å². The predicted octanol–water partition coefficient (Wildman–Crippen LogP) is 5.39. The van der Waals surface area contributed by atoms with Crippen LogP contribution < -0.4 is 15.4 Å². The Labute approximate surface area is 201 Å². The average molecular weight is 474 g/mol. The first-order valence-electron chi connectivity index (χ1n) is 12.3. The molecule has 0 bridgehead atoms. The maximum absolute atomic E-state index is 13.0. The largest absolute Gasteiger partial charge is 0.496 e. The SMILES string of the molecule is CCn1nc(C(=O)NCC2CCC(C)CC2)c(Cl)c1-c1cnc(N[C@@H](C)C2CC2)cc1OC. The van der Waals surface area contributed by atoms with Gasteiger partial charge in [-0.05, 0) is 57.3 Å². The monoisotopic (exact) mass is 473 g/mol. The van der Waals surface area contributed by atoms with Crippen molar-refractivity contribution in [3.63, 3.8) is 0 Å². The molecule has 33 heavy (non-hydrogen) atoms. The number of nitrogens with one attached hydrogen (secondary N) is 2. The molecular weight excluding hydrogens is 438 g/mol. The van der Waals surface area contributed by atoms with Gasteiger partial charge < -0.3 is 15.4 Å². The standard InChI is InChI=1S/C25H36ClN5O2/c1-5-31-24(19-14-27-21(12-20(19)33-4)29-16(3)18-10-11-18)22(26)23(30-31)25(32)28-13-17-8-6-15(2)7-9-17/h12,14-18H,5-11,13H2,1-4H3,(H,27,29)(H,28,32)/t15?,16-,17?/m0/s1. The zero-order valence-electron chi connectivity index (χ0n) is 20.2. The first-order chi connectivity index (χ1) is 15.9. The minimum atomic E-state index is -0.226. The molecule has 180 valence electrons. The quantitative estimate of drug-likeness (QED) is 0.510. The molecule has 0 radical (unpaired) electrons. The summed E-state index contributed by atoms with van der Waals surface area (Å²) in [4.78, 5) is 17.6. The highest BCUT2D eigenvalue weighted by Gasteiger charge is 2.29. The van der Waals surface area contributed by atoms with Gasteiger partial charge in [0.15, 0.2) is 5.69 Å². The smallest absolute Gasteiger partial charge is 0.273 e. The Kier molecular flexibility index (Phi) is 7.47. The van der Waals surface area contributed by atoms with E-state index >= 15 is 0 Å². The van der Waals surface area contributed by atoms with Crippen molar-refractivity contribution in [2.24, 2.45) is 17.8 Å². The number of carbonyl (C=O) groups excluding carboxylic acids is 1. The first-order valence-corrected chi connectivity index (χ1v) is 12.6. The van der Waals surface area contributed by atoms with Crippen molar-refractivity contribution < 1.29 is 9.53 Å². The van der Waals surface area contributed by atoms with Crippen LogP contribution in [0.2, 0.25) is 5.02 Å². The lowest BCUT2D eigenvalue weighted by Gasteiger charge is -2.26. The van der Waals surface area contributed by atoms with Crippen LogP contribution >= 0.6 is 11.6 Å². The van der Waals surface area contributed by atoms with Gasteiger partial charge in [-0.3, -0.25) is 9.48 Å². The Balaban J connectivity index is 1.53. The Hall–Kier alpha value is -2.28. The molecule has 0 aliphatic heterocycles. The molecule has 8 heteroatoms. The number of hydrogen-bond acceptors (Lipinski definition) is 5. The topological polar surface area (TPSA) is 81.1 Å². The van der Waals surface area contributed by atoms with Crippen molar-refractivity contribution in [2.45, 2.75) is 71.9 Å². The van der Waals surface area contributed by atoms with Gasteiger partial charge in [0.1, 0.15) is 11.6 Å². The fourth-order valence-corrected chi connectivity index (χ4v) is 5.06. The third kappa shape index (κ3) is 5.45. The molecular formula is C25H36ClN5O2. The zero-order chi connectivity index (χ0) is 23.5. The fraction of sp³-hybridized carbons (Fsp3) is 0.640. The van der Waals surface area contributed by atoms with E-state index in [1.165, 1.54) is 25.7 Å². The van der Waals surface area contributed by atoms with Gasteiger partial charge in [-0.15, -0.1) is 0 Å². The van der Waals surface area contributed by atoms with Crippen molar-refractivity contribution >= 4 is 23.3 Å². The van der Waals surface area contributed by atoms with Crippen LogP contribution in [0.25, 0.3) is 11.3 Å². The van der Waals surface area contributed by atoms with Crippen LogP contribution in [-0.2, 0) is 6.54 Å². The molecule has 2 aromatic rings. The number of carbonyl (C=O) groups is 1. The van der Waals surface area contributed by atoms with Crippen molar-refractivity contribution in [3.8, 4) is 17.0 Å². The van der Waals surface area contributed by atoms with Gasteiger partial charge in [0, 0.05) is 31.4 Å². The molecule has 0 spiro atoms. The minimum Gasteiger partial charge on any atom is -0.496 e. The Morgan fingerprint density at radius 1 is 1.27 bits per heavy atom. The maximum Gasteiger partial charge on any atom is 0.273 e. The number of ether oxygens (including phenoxy) is 1. The molecule has 2 fully saturated rings. The molecule has 2 aromatic heterocycles. The summed E-state index contributed by atoms with van der Waals surface area (Å²) in [5.41, 5.74) is 1.63. The normalized spacial score (nSPS) is 21.5. The number of aromatic nitrogens is 3. The second kappa shape index (κ2) is 10.3. The summed E-state index contributed by atoms with van der Waals surface area (Å²) in [7, 11) is 1.63. The van der Waals surface area contributed by atoms with E-state index in [1.54, 1.807) is 18.0 Å². The molecule has 2 aliphatic rings. The molecule has 0 unspecified atom stereocenters. The lowest BCUT2D eigenvalue weighted by atomic mass is 9.83. The highest BCUT2D eigenvalue weighted by Crippen LogP contribution is 2.39. The van der Waals surface area contributed by atoms with Crippen molar-refractivity contribution in [1.29, 1.82) is 0 Å². The molecule has 1 amide bonds. The number of nitrogens with zero attached hydrogens (tertiary/aromatic N) is 3. The second-order valence-electron chi connectivity index (χ2n) is 9.70. The van der Waals surface area contributed by atoms with Crippen molar-refractivity contribution in [1.82, 2.24) is 20.1 Å². The van der Waals surface area contributed by atoms with E-state index in [0.29, 0.717) is 47.4 Å². The van der Waals surface area contributed by atoms with Gasteiger partial charge in [-0.25, -0.2) is 4.98 Å². The molecule has 2 saturated carbocycles. The van der Waals surface area contributed by atoms with Crippen LogP contribution in [0.15, 0.2) is 12.3 Å². The van der Waals surface area contributed by atoms with E-state index in [0.717, 1.165) is 30.1 Å². The van der Waals surface area contributed by atoms with Crippen LogP contribution in [0.4, 0.5) is 5.82 Å². The van der Waals surface area contributed by atoms with Gasteiger partial charge in [0.25, 0.3) is 5.91 Å². The summed E-state index contributed by atoms with van der Waals surface area (Å²) in [6.07, 6.45) is 9.05. The highest BCUT2D eigenvalue weighted by atomic mass is 35.5. The van der Waals surface area contributed by atoms with E-state index in [9.17, 15) is 4.79 Å². The molecule has 4 rings (SSSR count). The third-order valence-electron chi connectivity index (χ3n) is 7.14. The Bertz CT molecular complexity index is 979. The van der Waals surface area contributed by atoms with Gasteiger partial charge in [0.05, 0.1) is 23.4 Å². The van der Waals surface area contributed by atoms with E-state index < -0.39 is 0 Å². The molecule has 2 aliphatic carbocycles. The minimum absolute atomic E-state index is 0.226. The zero-order valence-corrected chi connectivity index (χ0v) is 20.9. The second-order valence-corrected chi connectivity index (χ2v) is 10.1.